The minimum absolute atomic E-state index is 0.00524. The fourth-order valence-electron chi connectivity index (χ4n) is 1.90. The molecule has 0 aromatic heterocycles. The zero-order chi connectivity index (χ0) is 15.7. The summed E-state index contributed by atoms with van der Waals surface area (Å²) in [7, 11) is 1.70. The first kappa shape index (κ1) is 17.2. The summed E-state index contributed by atoms with van der Waals surface area (Å²) in [6.07, 6.45) is 3.05. The summed E-state index contributed by atoms with van der Waals surface area (Å²) < 4.78 is 10.5. The van der Waals surface area contributed by atoms with E-state index in [1.807, 2.05) is 13.8 Å². The summed E-state index contributed by atoms with van der Waals surface area (Å²) in [5.74, 6) is 0.305. The van der Waals surface area contributed by atoms with Gasteiger partial charge in [0.15, 0.2) is 5.75 Å². The largest absolute Gasteiger partial charge is 0.484 e. The van der Waals surface area contributed by atoms with Gasteiger partial charge in [0.05, 0.1) is 11.0 Å². The van der Waals surface area contributed by atoms with Crippen LogP contribution in [0.3, 0.4) is 0 Å². The molecule has 1 aromatic carbocycles. The lowest BCUT2D eigenvalue weighted by molar-refractivity contribution is -0.386. The van der Waals surface area contributed by atoms with Crippen LogP contribution < -0.4 is 10.1 Å². The van der Waals surface area contributed by atoms with E-state index in [9.17, 15) is 10.1 Å². The van der Waals surface area contributed by atoms with Gasteiger partial charge in [0.25, 0.3) is 0 Å². The molecular formula is C15H24N2O4. The maximum atomic E-state index is 11.0. The molecule has 0 saturated heterocycles. The molecule has 0 amide bonds. The maximum absolute atomic E-state index is 11.0. The minimum Gasteiger partial charge on any atom is -0.484 e. The van der Waals surface area contributed by atoms with Crippen LogP contribution in [0.5, 0.6) is 5.75 Å². The van der Waals surface area contributed by atoms with Crippen molar-refractivity contribution in [2.24, 2.45) is 0 Å². The van der Waals surface area contributed by atoms with Gasteiger partial charge in [-0.3, -0.25) is 10.1 Å². The summed E-state index contributed by atoms with van der Waals surface area (Å²) in [6, 6.07) is 4.87. The average molecular weight is 296 g/mol. The van der Waals surface area contributed by atoms with Crippen LogP contribution in [0.1, 0.15) is 33.1 Å². The Kier molecular flexibility index (Phi) is 7.53. The number of nitro groups is 1. The van der Waals surface area contributed by atoms with Crippen LogP contribution in [0.15, 0.2) is 18.2 Å². The van der Waals surface area contributed by atoms with Crippen LogP contribution in [0.4, 0.5) is 11.4 Å². The number of unbranched alkanes of at least 4 members (excludes halogenated alkanes) is 2. The van der Waals surface area contributed by atoms with Crippen molar-refractivity contribution in [2.75, 3.05) is 25.6 Å². The topological polar surface area (TPSA) is 73.6 Å². The average Bonchev–Trinajstić information content (AvgIpc) is 2.42. The fourth-order valence-corrected chi connectivity index (χ4v) is 1.90. The van der Waals surface area contributed by atoms with Gasteiger partial charge in [-0.05, 0) is 39.2 Å². The molecule has 6 heteroatoms. The lowest BCUT2D eigenvalue weighted by Gasteiger charge is -2.12. The van der Waals surface area contributed by atoms with Crippen molar-refractivity contribution in [3.8, 4) is 5.75 Å². The van der Waals surface area contributed by atoms with Crippen molar-refractivity contribution in [3.63, 3.8) is 0 Å². The Morgan fingerprint density at radius 3 is 2.67 bits per heavy atom. The van der Waals surface area contributed by atoms with Crippen LogP contribution in [0.25, 0.3) is 0 Å². The van der Waals surface area contributed by atoms with E-state index < -0.39 is 4.92 Å². The summed E-state index contributed by atoms with van der Waals surface area (Å²) in [4.78, 5) is 10.5. The van der Waals surface area contributed by atoms with Crippen molar-refractivity contribution in [2.45, 2.75) is 39.2 Å². The zero-order valence-corrected chi connectivity index (χ0v) is 12.9. The van der Waals surface area contributed by atoms with Crippen molar-refractivity contribution >= 4 is 11.4 Å². The van der Waals surface area contributed by atoms with Gasteiger partial charge in [-0.1, -0.05) is 0 Å². The monoisotopic (exact) mass is 296 g/mol. The molecule has 1 aromatic rings. The third kappa shape index (κ3) is 6.44. The number of rotatable bonds is 10. The van der Waals surface area contributed by atoms with Gasteiger partial charge in [-0.25, -0.2) is 0 Å². The van der Waals surface area contributed by atoms with Gasteiger partial charge in [-0.15, -0.1) is 0 Å². The van der Waals surface area contributed by atoms with Crippen LogP contribution in [-0.4, -0.2) is 31.3 Å². The van der Waals surface area contributed by atoms with Crippen LogP contribution in [-0.2, 0) is 4.74 Å². The molecule has 118 valence electrons. The van der Waals surface area contributed by atoms with Gasteiger partial charge in [-0.2, -0.15) is 0 Å². The zero-order valence-electron chi connectivity index (χ0n) is 12.9. The molecule has 0 saturated carbocycles. The Hall–Kier alpha value is -1.82. The molecule has 0 aliphatic rings. The molecule has 0 heterocycles. The molecule has 0 unspecified atom stereocenters. The highest BCUT2D eigenvalue weighted by Gasteiger charge is 2.16. The first-order valence-corrected chi connectivity index (χ1v) is 7.22. The van der Waals surface area contributed by atoms with Gasteiger partial charge in [0.2, 0.25) is 0 Å². The van der Waals surface area contributed by atoms with E-state index in [1.54, 1.807) is 19.2 Å². The second-order valence-electron chi connectivity index (χ2n) is 5.09. The van der Waals surface area contributed by atoms with Crippen molar-refractivity contribution in [1.29, 1.82) is 0 Å². The molecule has 0 spiro atoms. The molecule has 1 rings (SSSR count). The first-order chi connectivity index (χ1) is 10.0. The lowest BCUT2D eigenvalue weighted by atomic mass is 10.2. The Morgan fingerprint density at radius 1 is 1.29 bits per heavy atom. The highest BCUT2D eigenvalue weighted by molar-refractivity contribution is 5.58. The normalized spacial score (nSPS) is 10.7. The molecule has 0 aliphatic heterocycles. The quantitative estimate of drug-likeness (QED) is 0.405. The van der Waals surface area contributed by atoms with Gasteiger partial charge in [0, 0.05) is 38.1 Å². The van der Waals surface area contributed by atoms with Gasteiger partial charge < -0.3 is 14.8 Å². The smallest absolute Gasteiger partial charge is 0.311 e. The maximum Gasteiger partial charge on any atom is 0.311 e. The summed E-state index contributed by atoms with van der Waals surface area (Å²) in [6.45, 7) is 5.30. The number of benzene rings is 1. The fraction of sp³-hybridized carbons (Fsp3) is 0.600. The molecule has 0 bridgehead atoms. The Balaban J connectivity index is 2.57. The highest BCUT2D eigenvalue weighted by atomic mass is 16.6. The standard InChI is InChI=1S/C15H24N2O4/c1-12(2)21-15-11-13(7-8-14(15)17(18)19)16-9-5-4-6-10-20-3/h7-8,11-12,16H,4-6,9-10H2,1-3H3. The summed E-state index contributed by atoms with van der Waals surface area (Å²) in [5, 5.41) is 14.2. The Labute approximate surface area is 125 Å². The predicted molar refractivity (Wildman–Crippen MR) is 83.1 cm³/mol. The molecule has 0 aliphatic carbocycles. The second kappa shape index (κ2) is 9.18. The lowest BCUT2D eigenvalue weighted by Crippen LogP contribution is -2.08. The van der Waals surface area contributed by atoms with Crippen LogP contribution in [0, 0.1) is 10.1 Å². The van der Waals surface area contributed by atoms with E-state index in [1.165, 1.54) is 6.07 Å². The van der Waals surface area contributed by atoms with Crippen molar-refractivity contribution < 1.29 is 14.4 Å². The van der Waals surface area contributed by atoms with Crippen LogP contribution >= 0.6 is 0 Å². The predicted octanol–water partition coefficient (Wildman–Crippen LogP) is 3.61. The van der Waals surface area contributed by atoms with E-state index in [-0.39, 0.29) is 11.8 Å². The molecule has 0 atom stereocenters. The number of ether oxygens (including phenoxy) is 2. The van der Waals surface area contributed by atoms with Crippen LogP contribution in [0.2, 0.25) is 0 Å². The van der Waals surface area contributed by atoms with E-state index >= 15 is 0 Å². The van der Waals surface area contributed by atoms with Gasteiger partial charge >= 0.3 is 5.69 Å². The van der Waals surface area contributed by atoms with E-state index in [4.69, 9.17) is 9.47 Å². The number of anilines is 1. The first-order valence-electron chi connectivity index (χ1n) is 7.22. The molecule has 1 N–H and O–H groups in total. The summed E-state index contributed by atoms with van der Waals surface area (Å²) in [5.41, 5.74) is 0.831. The number of methoxy groups -OCH3 is 1. The van der Waals surface area contributed by atoms with Crippen molar-refractivity contribution in [1.82, 2.24) is 0 Å². The number of nitrogens with one attached hydrogen (secondary N) is 1. The minimum atomic E-state index is -0.424. The third-order valence-corrected chi connectivity index (χ3v) is 2.87. The number of hydrogen-bond acceptors (Lipinski definition) is 5. The van der Waals surface area contributed by atoms with Crippen molar-refractivity contribution in [3.05, 3.63) is 28.3 Å². The van der Waals surface area contributed by atoms with Gasteiger partial charge in [0.1, 0.15) is 0 Å². The molecule has 0 radical (unpaired) electrons. The number of hydrogen-bond donors (Lipinski definition) is 1. The number of nitro benzene ring substituents is 1. The number of nitrogens with zero attached hydrogens (tertiary/aromatic N) is 1. The third-order valence-electron chi connectivity index (χ3n) is 2.87. The second-order valence-corrected chi connectivity index (χ2v) is 5.09. The molecule has 0 fully saturated rings. The Bertz CT molecular complexity index is 449. The molecular weight excluding hydrogens is 272 g/mol. The molecule has 6 nitrogen and oxygen atoms in total. The molecule has 21 heavy (non-hydrogen) atoms. The van der Waals surface area contributed by atoms with E-state index in [0.717, 1.165) is 38.1 Å². The van der Waals surface area contributed by atoms with E-state index in [2.05, 4.69) is 5.32 Å². The summed E-state index contributed by atoms with van der Waals surface area (Å²) >= 11 is 0. The highest BCUT2D eigenvalue weighted by Crippen LogP contribution is 2.30. The SMILES string of the molecule is COCCCCCNc1ccc([N+](=O)[O-])c(OC(C)C)c1. The van der Waals surface area contributed by atoms with E-state index in [0.29, 0.717) is 5.75 Å². The Morgan fingerprint density at radius 2 is 2.05 bits per heavy atom.